The number of nitrogens with one attached hydrogen (secondary N) is 1. The van der Waals surface area contributed by atoms with Crippen LogP contribution in [0, 0.1) is 10.1 Å². The summed E-state index contributed by atoms with van der Waals surface area (Å²) in [7, 11) is -2.63. The van der Waals surface area contributed by atoms with Crippen molar-refractivity contribution in [2.24, 2.45) is 5.10 Å². The number of amides is 1. The van der Waals surface area contributed by atoms with Gasteiger partial charge in [0, 0.05) is 23.8 Å². The first kappa shape index (κ1) is 26.1. The van der Waals surface area contributed by atoms with Crippen molar-refractivity contribution in [1.82, 2.24) is 5.43 Å². The molecule has 0 aliphatic carbocycles. The van der Waals surface area contributed by atoms with Crippen LogP contribution in [0.3, 0.4) is 0 Å². The lowest BCUT2D eigenvalue weighted by Gasteiger charge is -2.24. The maximum absolute atomic E-state index is 13.4. The summed E-state index contributed by atoms with van der Waals surface area (Å²) in [6.07, 6.45) is 1.26. The number of hydrogen-bond donors (Lipinski definition) is 1. The number of methoxy groups -OCH3 is 1. The third kappa shape index (κ3) is 6.05. The Morgan fingerprint density at radius 1 is 1.05 bits per heavy atom. The first-order valence-electron chi connectivity index (χ1n) is 11.2. The summed E-state index contributed by atoms with van der Waals surface area (Å²) in [6, 6.07) is 23.2. The minimum Gasteiger partial charge on any atom is -0.497 e. The number of nitro benzene ring substituents is 1. The van der Waals surface area contributed by atoms with Gasteiger partial charge < -0.3 is 9.15 Å². The van der Waals surface area contributed by atoms with Crippen molar-refractivity contribution in [2.45, 2.75) is 4.90 Å². The van der Waals surface area contributed by atoms with E-state index in [2.05, 4.69) is 10.5 Å². The van der Waals surface area contributed by atoms with E-state index in [1.54, 1.807) is 60.7 Å². The number of ether oxygens (including phenoxy) is 1. The minimum absolute atomic E-state index is 0.0217. The second-order valence-corrected chi connectivity index (χ2v) is 9.69. The first-order chi connectivity index (χ1) is 18.3. The molecular weight excluding hydrogens is 512 g/mol. The maximum Gasteiger partial charge on any atom is 0.269 e. The molecule has 4 aromatic rings. The number of furan rings is 1. The number of benzene rings is 3. The monoisotopic (exact) mass is 534 g/mol. The fourth-order valence-corrected chi connectivity index (χ4v) is 4.89. The molecule has 12 heteroatoms. The Kier molecular flexibility index (Phi) is 7.83. The van der Waals surface area contributed by atoms with Crippen LogP contribution in [-0.4, -0.2) is 39.1 Å². The lowest BCUT2D eigenvalue weighted by molar-refractivity contribution is -0.384. The number of anilines is 1. The largest absolute Gasteiger partial charge is 0.497 e. The van der Waals surface area contributed by atoms with Crippen LogP contribution in [0.5, 0.6) is 5.75 Å². The van der Waals surface area contributed by atoms with E-state index >= 15 is 0 Å². The fraction of sp³-hybridized carbons (Fsp3) is 0.0769. The number of hydrazone groups is 1. The molecule has 0 unspecified atom stereocenters. The molecule has 1 N–H and O–H groups in total. The van der Waals surface area contributed by atoms with Gasteiger partial charge in [0.1, 0.15) is 23.8 Å². The van der Waals surface area contributed by atoms with Crippen molar-refractivity contribution < 1.29 is 27.3 Å². The first-order valence-corrected chi connectivity index (χ1v) is 12.6. The van der Waals surface area contributed by atoms with Crippen molar-refractivity contribution in [3.63, 3.8) is 0 Å². The molecule has 3 aromatic carbocycles. The molecule has 38 heavy (non-hydrogen) atoms. The van der Waals surface area contributed by atoms with Crippen LogP contribution in [-0.2, 0) is 14.8 Å². The number of rotatable bonds is 10. The molecule has 0 saturated heterocycles. The molecule has 4 rings (SSSR count). The van der Waals surface area contributed by atoms with Crippen molar-refractivity contribution in [3.05, 3.63) is 107 Å². The van der Waals surface area contributed by atoms with Crippen molar-refractivity contribution >= 4 is 33.5 Å². The molecule has 0 radical (unpaired) electrons. The molecule has 0 fully saturated rings. The highest BCUT2D eigenvalue weighted by atomic mass is 32.2. The van der Waals surface area contributed by atoms with Gasteiger partial charge in [0.25, 0.3) is 21.6 Å². The summed E-state index contributed by atoms with van der Waals surface area (Å²) in [5.74, 6) is 0.493. The van der Waals surface area contributed by atoms with Crippen LogP contribution in [0.15, 0.2) is 105 Å². The standard InChI is InChI=1S/C26H22N4O7S/c1-36-22-7-5-6-21(16-22)29(38(34,35)24-8-3-2-4-9-24)18-26(31)28-27-17-23-14-15-25(37-23)19-10-12-20(13-11-19)30(32)33/h2-17H,18H2,1H3,(H,28,31)/b27-17-. The molecule has 1 heterocycles. The predicted molar refractivity (Wildman–Crippen MR) is 141 cm³/mol. The zero-order chi connectivity index (χ0) is 27.1. The van der Waals surface area contributed by atoms with Crippen LogP contribution < -0.4 is 14.5 Å². The van der Waals surface area contributed by atoms with Gasteiger partial charge in [0.15, 0.2) is 0 Å². The Balaban J connectivity index is 1.48. The summed E-state index contributed by atoms with van der Waals surface area (Å²) in [6.45, 7) is -0.548. The van der Waals surface area contributed by atoms with Gasteiger partial charge in [0.2, 0.25) is 0 Å². The molecule has 194 valence electrons. The number of carbonyl (C=O) groups is 1. The topological polar surface area (TPSA) is 144 Å². The van der Waals surface area contributed by atoms with Crippen molar-refractivity contribution in [1.29, 1.82) is 0 Å². The van der Waals surface area contributed by atoms with E-state index in [4.69, 9.17) is 9.15 Å². The zero-order valence-corrected chi connectivity index (χ0v) is 20.9. The predicted octanol–water partition coefficient (Wildman–Crippen LogP) is 4.21. The molecule has 0 aliphatic heterocycles. The number of nitrogens with zero attached hydrogens (tertiary/aromatic N) is 3. The summed E-state index contributed by atoms with van der Waals surface area (Å²) < 4.78 is 38.6. The summed E-state index contributed by atoms with van der Waals surface area (Å²) >= 11 is 0. The zero-order valence-electron chi connectivity index (χ0n) is 20.1. The van der Waals surface area contributed by atoms with Crippen LogP contribution in [0.1, 0.15) is 5.76 Å². The van der Waals surface area contributed by atoms with Gasteiger partial charge in [-0.2, -0.15) is 5.10 Å². The Hall–Kier alpha value is -4.97. The fourth-order valence-electron chi connectivity index (χ4n) is 3.46. The SMILES string of the molecule is COc1cccc(N(CC(=O)N/N=C\c2ccc(-c3ccc([N+](=O)[O-])cc3)o2)S(=O)(=O)c2ccccc2)c1. The lowest BCUT2D eigenvalue weighted by Crippen LogP contribution is -2.39. The van der Waals surface area contributed by atoms with Crippen LogP contribution >= 0.6 is 0 Å². The Labute approximate surface area is 218 Å². The molecule has 1 amide bonds. The molecular formula is C26H22N4O7S. The lowest BCUT2D eigenvalue weighted by atomic mass is 10.1. The summed E-state index contributed by atoms with van der Waals surface area (Å²) in [5.41, 5.74) is 3.14. The van der Waals surface area contributed by atoms with Crippen molar-refractivity contribution in [2.75, 3.05) is 18.0 Å². The average Bonchev–Trinajstić information content (AvgIpc) is 3.41. The van der Waals surface area contributed by atoms with Crippen LogP contribution in [0.4, 0.5) is 11.4 Å². The van der Waals surface area contributed by atoms with Gasteiger partial charge >= 0.3 is 0 Å². The smallest absolute Gasteiger partial charge is 0.269 e. The quantitative estimate of drug-likeness (QED) is 0.182. The molecule has 0 bridgehead atoms. The number of hydrogen-bond acceptors (Lipinski definition) is 8. The van der Waals surface area contributed by atoms with E-state index in [0.29, 0.717) is 22.8 Å². The molecule has 0 aliphatic rings. The van der Waals surface area contributed by atoms with E-state index in [0.717, 1.165) is 4.31 Å². The molecule has 11 nitrogen and oxygen atoms in total. The van der Waals surface area contributed by atoms with Gasteiger partial charge in [-0.15, -0.1) is 0 Å². The average molecular weight is 535 g/mol. The number of nitro groups is 1. The maximum atomic E-state index is 13.4. The number of carbonyl (C=O) groups excluding carboxylic acids is 1. The second kappa shape index (κ2) is 11.4. The second-order valence-electron chi connectivity index (χ2n) is 7.83. The van der Waals surface area contributed by atoms with Crippen LogP contribution in [0.25, 0.3) is 11.3 Å². The summed E-state index contributed by atoms with van der Waals surface area (Å²) in [5, 5.41) is 14.7. The number of non-ortho nitro benzene ring substituents is 1. The summed E-state index contributed by atoms with van der Waals surface area (Å²) in [4.78, 5) is 23.1. The molecule has 0 spiro atoms. The normalized spacial score (nSPS) is 11.3. The van der Waals surface area contributed by atoms with Gasteiger partial charge in [-0.1, -0.05) is 24.3 Å². The number of sulfonamides is 1. The Morgan fingerprint density at radius 2 is 1.79 bits per heavy atom. The minimum atomic E-state index is -4.08. The molecule has 0 saturated carbocycles. The third-order valence-corrected chi connectivity index (χ3v) is 7.12. The van der Waals surface area contributed by atoms with Crippen LogP contribution in [0.2, 0.25) is 0 Å². The van der Waals surface area contributed by atoms with Gasteiger partial charge in [-0.3, -0.25) is 19.2 Å². The highest BCUT2D eigenvalue weighted by Gasteiger charge is 2.27. The van der Waals surface area contributed by atoms with E-state index in [1.165, 1.54) is 43.7 Å². The third-order valence-electron chi connectivity index (χ3n) is 5.33. The van der Waals surface area contributed by atoms with E-state index in [9.17, 15) is 23.3 Å². The highest BCUT2D eigenvalue weighted by Crippen LogP contribution is 2.27. The molecule has 0 atom stereocenters. The van der Waals surface area contributed by atoms with E-state index < -0.39 is 27.4 Å². The highest BCUT2D eigenvalue weighted by molar-refractivity contribution is 7.92. The Bertz CT molecular complexity index is 1570. The molecule has 1 aromatic heterocycles. The van der Waals surface area contributed by atoms with Gasteiger partial charge in [-0.25, -0.2) is 13.8 Å². The van der Waals surface area contributed by atoms with Crippen molar-refractivity contribution in [3.8, 4) is 17.1 Å². The van der Waals surface area contributed by atoms with E-state index in [1.807, 2.05) is 0 Å². The van der Waals surface area contributed by atoms with Gasteiger partial charge in [-0.05, 0) is 48.5 Å². The Morgan fingerprint density at radius 3 is 2.47 bits per heavy atom. The van der Waals surface area contributed by atoms with Gasteiger partial charge in [0.05, 0.1) is 28.8 Å². The van der Waals surface area contributed by atoms with E-state index in [-0.39, 0.29) is 16.3 Å².